The summed E-state index contributed by atoms with van der Waals surface area (Å²) >= 11 is 0. The molecule has 82 valence electrons. The van der Waals surface area contributed by atoms with Gasteiger partial charge in [-0.05, 0) is 32.1 Å². The zero-order valence-electron chi connectivity index (χ0n) is 10.7. The fraction of sp³-hybridized carbons (Fsp3) is 0.714. The van der Waals surface area contributed by atoms with Gasteiger partial charge in [0, 0.05) is 5.92 Å². The van der Waals surface area contributed by atoms with Crippen LogP contribution in [-0.4, -0.2) is 0 Å². The van der Waals surface area contributed by atoms with Gasteiger partial charge in [-0.25, -0.2) is 0 Å². The minimum atomic E-state index is 0.464. The Morgan fingerprint density at radius 3 is 2.36 bits per heavy atom. The summed E-state index contributed by atoms with van der Waals surface area (Å²) in [6.07, 6.45) is 9.47. The SMILES string of the molecule is C/C=C/C1C(C)=CCCC1(C)C.CC. The third kappa shape index (κ3) is 3.32. The molecule has 0 bridgehead atoms. The second-order valence-corrected chi connectivity index (χ2v) is 4.48. The van der Waals surface area contributed by atoms with Crippen LogP contribution in [0.4, 0.5) is 0 Å². The fourth-order valence-corrected chi connectivity index (χ4v) is 2.18. The molecule has 0 radical (unpaired) electrons. The van der Waals surface area contributed by atoms with Crippen LogP contribution < -0.4 is 0 Å². The summed E-state index contributed by atoms with van der Waals surface area (Å²) in [6, 6.07) is 0. The summed E-state index contributed by atoms with van der Waals surface area (Å²) in [5.41, 5.74) is 2.01. The maximum absolute atomic E-state index is 2.38. The van der Waals surface area contributed by atoms with E-state index in [0.29, 0.717) is 11.3 Å². The number of rotatable bonds is 1. The Kier molecular flexibility index (Phi) is 5.83. The van der Waals surface area contributed by atoms with Gasteiger partial charge < -0.3 is 0 Å². The zero-order chi connectivity index (χ0) is 11.2. The summed E-state index contributed by atoms with van der Waals surface area (Å²) < 4.78 is 0. The molecule has 0 saturated heterocycles. The molecule has 0 spiro atoms. The first-order valence-corrected chi connectivity index (χ1v) is 5.87. The first-order valence-electron chi connectivity index (χ1n) is 5.87. The standard InChI is InChI=1S/C12H20.C2H6/c1-5-7-11-10(2)8-6-9-12(11,3)4;1-2/h5,7-8,11H,6,9H2,1-4H3;1-2H3/b7-5+;. The molecule has 0 aromatic heterocycles. The van der Waals surface area contributed by atoms with E-state index in [1.54, 1.807) is 5.57 Å². The number of hydrogen-bond acceptors (Lipinski definition) is 0. The van der Waals surface area contributed by atoms with Crippen molar-refractivity contribution >= 4 is 0 Å². The van der Waals surface area contributed by atoms with E-state index in [4.69, 9.17) is 0 Å². The van der Waals surface area contributed by atoms with Gasteiger partial charge in [-0.2, -0.15) is 0 Å². The molecule has 0 aromatic carbocycles. The van der Waals surface area contributed by atoms with E-state index in [1.807, 2.05) is 13.8 Å². The van der Waals surface area contributed by atoms with Crippen LogP contribution in [0.5, 0.6) is 0 Å². The summed E-state index contributed by atoms with van der Waals surface area (Å²) in [5, 5.41) is 0. The van der Waals surface area contributed by atoms with Gasteiger partial charge in [0.25, 0.3) is 0 Å². The van der Waals surface area contributed by atoms with Crippen LogP contribution in [0.15, 0.2) is 23.8 Å². The topological polar surface area (TPSA) is 0 Å². The van der Waals surface area contributed by atoms with Gasteiger partial charge in [0.1, 0.15) is 0 Å². The van der Waals surface area contributed by atoms with Gasteiger partial charge in [-0.15, -0.1) is 0 Å². The van der Waals surface area contributed by atoms with Crippen molar-refractivity contribution in [1.82, 2.24) is 0 Å². The van der Waals surface area contributed by atoms with Crippen molar-refractivity contribution in [1.29, 1.82) is 0 Å². The Labute approximate surface area is 90.1 Å². The first kappa shape index (κ1) is 13.5. The maximum Gasteiger partial charge on any atom is 0.00252 e. The highest BCUT2D eigenvalue weighted by atomic mass is 14.3. The van der Waals surface area contributed by atoms with E-state index >= 15 is 0 Å². The largest absolute Gasteiger partial charge is 0.0910 e. The molecule has 1 aliphatic carbocycles. The van der Waals surface area contributed by atoms with E-state index in [1.165, 1.54) is 12.8 Å². The molecule has 0 fully saturated rings. The molecule has 0 heterocycles. The van der Waals surface area contributed by atoms with E-state index in [2.05, 4.69) is 45.9 Å². The van der Waals surface area contributed by atoms with Crippen LogP contribution in [0, 0.1) is 11.3 Å². The highest BCUT2D eigenvalue weighted by molar-refractivity contribution is 5.18. The van der Waals surface area contributed by atoms with Gasteiger partial charge in [-0.1, -0.05) is 51.5 Å². The Hall–Kier alpha value is -0.520. The van der Waals surface area contributed by atoms with Gasteiger partial charge in [-0.3, -0.25) is 0 Å². The highest BCUT2D eigenvalue weighted by Crippen LogP contribution is 2.41. The Bertz CT molecular complexity index is 206. The molecular formula is C14H26. The average molecular weight is 194 g/mol. The fourth-order valence-electron chi connectivity index (χ4n) is 2.18. The van der Waals surface area contributed by atoms with E-state index in [-0.39, 0.29) is 0 Å². The van der Waals surface area contributed by atoms with Crippen molar-refractivity contribution in [3.8, 4) is 0 Å². The van der Waals surface area contributed by atoms with Crippen LogP contribution in [0.3, 0.4) is 0 Å². The van der Waals surface area contributed by atoms with Crippen molar-refractivity contribution < 1.29 is 0 Å². The lowest BCUT2D eigenvalue weighted by atomic mass is 9.69. The average Bonchev–Trinajstić information content (AvgIpc) is 2.15. The Morgan fingerprint density at radius 1 is 1.36 bits per heavy atom. The van der Waals surface area contributed by atoms with Crippen molar-refractivity contribution in [2.45, 2.75) is 54.4 Å². The van der Waals surface area contributed by atoms with Crippen molar-refractivity contribution in [2.75, 3.05) is 0 Å². The maximum atomic E-state index is 2.38. The Morgan fingerprint density at radius 2 is 1.93 bits per heavy atom. The van der Waals surface area contributed by atoms with Crippen molar-refractivity contribution in [3.05, 3.63) is 23.8 Å². The second kappa shape index (κ2) is 6.06. The van der Waals surface area contributed by atoms with Crippen LogP contribution >= 0.6 is 0 Å². The van der Waals surface area contributed by atoms with E-state index in [0.717, 1.165) is 0 Å². The second-order valence-electron chi connectivity index (χ2n) is 4.48. The van der Waals surface area contributed by atoms with Gasteiger partial charge in [0.05, 0.1) is 0 Å². The summed E-state index contributed by atoms with van der Waals surface area (Å²) in [4.78, 5) is 0. The van der Waals surface area contributed by atoms with E-state index < -0.39 is 0 Å². The molecule has 1 atom stereocenters. The van der Waals surface area contributed by atoms with Crippen LogP contribution in [0.2, 0.25) is 0 Å². The third-order valence-corrected chi connectivity index (χ3v) is 2.97. The molecule has 0 nitrogen and oxygen atoms in total. The lowest BCUT2D eigenvalue weighted by molar-refractivity contribution is 0.255. The summed E-state index contributed by atoms with van der Waals surface area (Å²) in [6.45, 7) is 13.1. The molecule has 0 heteroatoms. The van der Waals surface area contributed by atoms with Gasteiger partial charge in [0.2, 0.25) is 0 Å². The molecule has 0 saturated carbocycles. The number of hydrogen-bond donors (Lipinski definition) is 0. The molecule has 1 aliphatic rings. The molecule has 0 aromatic rings. The molecule has 1 unspecified atom stereocenters. The smallest absolute Gasteiger partial charge is 0.00252 e. The van der Waals surface area contributed by atoms with Gasteiger partial charge in [0.15, 0.2) is 0 Å². The minimum Gasteiger partial charge on any atom is -0.0910 e. The summed E-state index contributed by atoms with van der Waals surface area (Å²) in [5.74, 6) is 0.663. The highest BCUT2D eigenvalue weighted by Gasteiger charge is 2.30. The minimum absolute atomic E-state index is 0.464. The summed E-state index contributed by atoms with van der Waals surface area (Å²) in [7, 11) is 0. The van der Waals surface area contributed by atoms with Crippen LogP contribution in [0.25, 0.3) is 0 Å². The lowest BCUT2D eigenvalue weighted by Gasteiger charge is -2.36. The predicted molar refractivity (Wildman–Crippen MR) is 66.4 cm³/mol. The van der Waals surface area contributed by atoms with Crippen LogP contribution in [-0.2, 0) is 0 Å². The molecule has 0 N–H and O–H groups in total. The monoisotopic (exact) mass is 194 g/mol. The third-order valence-electron chi connectivity index (χ3n) is 2.97. The van der Waals surface area contributed by atoms with E-state index in [9.17, 15) is 0 Å². The molecule has 0 amide bonds. The van der Waals surface area contributed by atoms with Crippen molar-refractivity contribution in [2.24, 2.45) is 11.3 Å². The molecule has 1 rings (SSSR count). The normalized spacial score (nSPS) is 25.3. The first-order chi connectivity index (χ1) is 6.58. The predicted octanol–water partition coefficient (Wildman–Crippen LogP) is 4.97. The molecule has 14 heavy (non-hydrogen) atoms. The molecular weight excluding hydrogens is 168 g/mol. The molecule has 0 aliphatic heterocycles. The van der Waals surface area contributed by atoms with Crippen LogP contribution in [0.1, 0.15) is 54.4 Å². The zero-order valence-corrected chi connectivity index (χ0v) is 10.7. The lowest BCUT2D eigenvalue weighted by Crippen LogP contribution is -2.26. The van der Waals surface area contributed by atoms with Gasteiger partial charge >= 0.3 is 0 Å². The quantitative estimate of drug-likeness (QED) is 0.517. The number of allylic oxidation sites excluding steroid dienone is 4. The Balaban J connectivity index is 0.000000791. The van der Waals surface area contributed by atoms with Crippen molar-refractivity contribution in [3.63, 3.8) is 0 Å².